The van der Waals surface area contributed by atoms with Crippen LogP contribution < -0.4 is 10.6 Å². The maximum absolute atomic E-state index is 11.6. The van der Waals surface area contributed by atoms with E-state index in [9.17, 15) is 4.79 Å². The zero-order valence-corrected chi connectivity index (χ0v) is 13.8. The topological polar surface area (TPSA) is 59.6 Å². The highest BCUT2D eigenvalue weighted by Gasteiger charge is 2.26. The summed E-state index contributed by atoms with van der Waals surface area (Å²) < 4.78 is 10.8. The van der Waals surface area contributed by atoms with Crippen molar-refractivity contribution in [2.24, 2.45) is 5.92 Å². The maximum Gasteiger partial charge on any atom is 0.245 e. The molecule has 0 aliphatic carbocycles. The number of nitrogens with one attached hydrogen (secondary N) is 2. The highest BCUT2D eigenvalue weighted by molar-refractivity contribution is 6.31. The summed E-state index contributed by atoms with van der Waals surface area (Å²) in [7, 11) is 1.51. The lowest BCUT2D eigenvalue weighted by Crippen LogP contribution is -2.37. The molecule has 2 N–H and O–H groups in total. The Morgan fingerprint density at radius 2 is 2.36 bits per heavy atom. The monoisotopic (exact) mass is 326 g/mol. The van der Waals surface area contributed by atoms with Crippen molar-refractivity contribution in [1.29, 1.82) is 0 Å². The average molecular weight is 327 g/mol. The van der Waals surface area contributed by atoms with Crippen molar-refractivity contribution in [3.05, 3.63) is 34.3 Å². The molecule has 1 aromatic carbocycles. The van der Waals surface area contributed by atoms with Gasteiger partial charge in [0.2, 0.25) is 5.91 Å². The first-order chi connectivity index (χ1) is 10.6. The zero-order chi connectivity index (χ0) is 15.9. The largest absolute Gasteiger partial charge is 0.375 e. The Hall–Kier alpha value is -1.14. The molecule has 0 unspecified atom stereocenters. The number of methoxy groups -OCH3 is 1. The molecule has 22 heavy (non-hydrogen) atoms. The van der Waals surface area contributed by atoms with Crippen LogP contribution in [-0.2, 0) is 14.3 Å². The minimum Gasteiger partial charge on any atom is -0.375 e. The number of carbonyl (C=O) groups excluding carboxylic acids is 1. The van der Waals surface area contributed by atoms with E-state index in [0.717, 1.165) is 29.2 Å². The molecule has 5 nitrogen and oxygen atoms in total. The van der Waals surface area contributed by atoms with E-state index < -0.39 is 0 Å². The molecule has 1 aromatic rings. The summed E-state index contributed by atoms with van der Waals surface area (Å²) >= 11 is 6.10. The number of aryl methyl sites for hydroxylation is 1. The predicted molar refractivity (Wildman–Crippen MR) is 86.1 cm³/mol. The van der Waals surface area contributed by atoms with Crippen LogP contribution in [0.2, 0.25) is 5.02 Å². The Labute approximate surface area is 136 Å². The molecule has 1 amide bonds. The molecule has 0 bridgehead atoms. The van der Waals surface area contributed by atoms with Crippen LogP contribution in [-0.4, -0.2) is 45.9 Å². The van der Waals surface area contributed by atoms with Gasteiger partial charge in [0.1, 0.15) is 6.61 Å². The molecule has 0 saturated carbocycles. The highest BCUT2D eigenvalue weighted by atomic mass is 35.5. The third-order valence-electron chi connectivity index (χ3n) is 3.76. The SMILES string of the molecule is COCC(=O)NC[C@H]1CNCCO[C@@H]1c1ccc(Cl)c(C)c1. The van der Waals surface area contributed by atoms with Crippen LogP contribution in [0.4, 0.5) is 0 Å². The van der Waals surface area contributed by atoms with E-state index in [0.29, 0.717) is 13.2 Å². The van der Waals surface area contributed by atoms with E-state index in [2.05, 4.69) is 16.7 Å². The van der Waals surface area contributed by atoms with Crippen LogP contribution >= 0.6 is 11.6 Å². The van der Waals surface area contributed by atoms with E-state index in [1.165, 1.54) is 7.11 Å². The van der Waals surface area contributed by atoms with Crippen molar-refractivity contribution < 1.29 is 14.3 Å². The van der Waals surface area contributed by atoms with E-state index in [1.54, 1.807) is 0 Å². The lowest BCUT2D eigenvalue weighted by atomic mass is 9.94. The number of hydrogen-bond donors (Lipinski definition) is 2. The number of benzene rings is 1. The van der Waals surface area contributed by atoms with E-state index in [-0.39, 0.29) is 24.5 Å². The summed E-state index contributed by atoms with van der Waals surface area (Å²) in [5.74, 6) is 0.0432. The third kappa shape index (κ3) is 4.68. The van der Waals surface area contributed by atoms with E-state index in [1.807, 2.05) is 19.1 Å². The summed E-state index contributed by atoms with van der Waals surface area (Å²) in [5.41, 5.74) is 2.12. The summed E-state index contributed by atoms with van der Waals surface area (Å²) in [4.78, 5) is 11.6. The summed E-state index contributed by atoms with van der Waals surface area (Å²) in [6.07, 6.45) is -0.0613. The van der Waals surface area contributed by atoms with Gasteiger partial charge in [-0.1, -0.05) is 23.7 Å². The molecule has 1 saturated heterocycles. The minimum atomic E-state index is -0.113. The first-order valence-electron chi connectivity index (χ1n) is 7.46. The molecule has 2 rings (SSSR count). The second kappa shape index (κ2) is 8.48. The van der Waals surface area contributed by atoms with Gasteiger partial charge in [-0.2, -0.15) is 0 Å². The summed E-state index contributed by atoms with van der Waals surface area (Å²) in [6, 6.07) is 5.95. The van der Waals surface area contributed by atoms with Crippen molar-refractivity contribution in [2.75, 3.05) is 40.0 Å². The molecule has 6 heteroatoms. The van der Waals surface area contributed by atoms with Crippen molar-refractivity contribution in [2.45, 2.75) is 13.0 Å². The number of hydrogen-bond acceptors (Lipinski definition) is 4. The van der Waals surface area contributed by atoms with Crippen LogP contribution in [0.1, 0.15) is 17.2 Å². The van der Waals surface area contributed by atoms with Gasteiger partial charge in [0.25, 0.3) is 0 Å². The molecule has 0 radical (unpaired) electrons. The number of halogens is 1. The zero-order valence-electron chi connectivity index (χ0n) is 13.0. The van der Waals surface area contributed by atoms with Gasteiger partial charge in [0.15, 0.2) is 0 Å². The molecular weight excluding hydrogens is 304 g/mol. The standard InChI is InChI=1S/C16H23ClN2O3/c1-11-7-12(3-4-14(11)17)16-13(8-18-5-6-22-16)9-19-15(20)10-21-2/h3-4,7,13,16,18H,5-6,8-10H2,1-2H3,(H,19,20)/t13-,16-/m1/s1. The van der Waals surface area contributed by atoms with Crippen LogP contribution in [0.15, 0.2) is 18.2 Å². The fourth-order valence-corrected chi connectivity index (χ4v) is 2.73. The van der Waals surface area contributed by atoms with Crippen LogP contribution in [0, 0.1) is 12.8 Å². The molecule has 1 aliphatic heterocycles. The fourth-order valence-electron chi connectivity index (χ4n) is 2.61. The Morgan fingerprint density at radius 3 is 3.09 bits per heavy atom. The molecule has 122 valence electrons. The number of carbonyl (C=O) groups is 1. The molecule has 1 fully saturated rings. The Balaban J connectivity index is 2.09. The number of rotatable bonds is 5. The Bertz CT molecular complexity index is 510. The maximum atomic E-state index is 11.6. The first kappa shape index (κ1) is 17.2. The minimum absolute atomic E-state index is 0.0613. The molecular formula is C16H23ClN2O3. The Kier molecular flexibility index (Phi) is 6.64. The van der Waals surface area contributed by atoms with E-state index >= 15 is 0 Å². The normalized spacial score (nSPS) is 22.1. The first-order valence-corrected chi connectivity index (χ1v) is 7.83. The predicted octanol–water partition coefficient (Wildman–Crippen LogP) is 1.69. The van der Waals surface area contributed by atoms with Crippen LogP contribution in [0.5, 0.6) is 0 Å². The van der Waals surface area contributed by atoms with Crippen molar-refractivity contribution in [3.8, 4) is 0 Å². The van der Waals surface area contributed by atoms with Gasteiger partial charge < -0.3 is 20.1 Å². The van der Waals surface area contributed by atoms with Crippen molar-refractivity contribution in [3.63, 3.8) is 0 Å². The average Bonchev–Trinajstić information content (AvgIpc) is 2.74. The van der Waals surface area contributed by atoms with Gasteiger partial charge in [-0.15, -0.1) is 0 Å². The summed E-state index contributed by atoms with van der Waals surface area (Å²) in [5, 5.41) is 6.99. The molecule has 1 heterocycles. The number of ether oxygens (including phenoxy) is 2. The smallest absolute Gasteiger partial charge is 0.245 e. The van der Waals surface area contributed by atoms with Gasteiger partial charge in [-0.05, 0) is 24.1 Å². The van der Waals surface area contributed by atoms with Crippen molar-refractivity contribution >= 4 is 17.5 Å². The van der Waals surface area contributed by atoms with Gasteiger partial charge in [-0.25, -0.2) is 0 Å². The molecule has 2 atom stereocenters. The van der Waals surface area contributed by atoms with Gasteiger partial charge in [0.05, 0.1) is 12.7 Å². The summed E-state index contributed by atoms with van der Waals surface area (Å²) in [6.45, 7) is 4.85. The fraction of sp³-hybridized carbons (Fsp3) is 0.562. The quantitative estimate of drug-likeness (QED) is 0.864. The van der Waals surface area contributed by atoms with Gasteiger partial charge in [-0.3, -0.25) is 4.79 Å². The van der Waals surface area contributed by atoms with Crippen LogP contribution in [0.3, 0.4) is 0 Å². The second-order valence-electron chi connectivity index (χ2n) is 5.50. The van der Waals surface area contributed by atoms with Crippen molar-refractivity contribution in [1.82, 2.24) is 10.6 Å². The van der Waals surface area contributed by atoms with Gasteiger partial charge >= 0.3 is 0 Å². The third-order valence-corrected chi connectivity index (χ3v) is 4.18. The molecule has 1 aliphatic rings. The van der Waals surface area contributed by atoms with Crippen LogP contribution in [0.25, 0.3) is 0 Å². The highest BCUT2D eigenvalue weighted by Crippen LogP contribution is 2.29. The lowest BCUT2D eigenvalue weighted by Gasteiger charge is -2.26. The molecule has 0 spiro atoms. The van der Waals surface area contributed by atoms with E-state index in [4.69, 9.17) is 21.1 Å². The Morgan fingerprint density at radius 1 is 1.55 bits per heavy atom. The second-order valence-corrected chi connectivity index (χ2v) is 5.91. The molecule has 0 aromatic heterocycles. The van der Waals surface area contributed by atoms with Gasteiger partial charge in [0, 0.05) is 37.7 Å². The number of amides is 1. The lowest BCUT2D eigenvalue weighted by molar-refractivity contribution is -0.125.